The fraction of sp³-hybridized carbons (Fsp3) is 0.500. The molecule has 3 rings (SSSR count). The molecule has 0 aromatic heterocycles. The second kappa shape index (κ2) is 4.93. The second-order valence-corrected chi connectivity index (χ2v) is 6.12. The Kier molecular flexibility index (Phi) is 3.24. The summed E-state index contributed by atoms with van der Waals surface area (Å²) in [5.41, 5.74) is 1.46. The first kappa shape index (κ1) is 13.2. The van der Waals surface area contributed by atoms with Gasteiger partial charge in [0.2, 0.25) is 5.91 Å². The number of aryl methyl sites for hydroxylation is 1. The summed E-state index contributed by atoms with van der Waals surface area (Å²) < 4.78 is 0. The van der Waals surface area contributed by atoms with Gasteiger partial charge in [-0.2, -0.15) is 0 Å². The molecule has 0 unspecified atom stereocenters. The molecule has 0 heterocycles. The number of anilines is 1. The van der Waals surface area contributed by atoms with Crippen molar-refractivity contribution in [2.24, 2.45) is 17.8 Å². The molecule has 2 bridgehead atoms. The predicted molar refractivity (Wildman–Crippen MR) is 75.7 cm³/mol. The number of carbonyl (C=O) groups is 2. The highest BCUT2D eigenvalue weighted by Gasteiger charge is 2.43. The number of aromatic carboxylic acids is 1. The van der Waals surface area contributed by atoms with Gasteiger partial charge in [-0.3, -0.25) is 4.79 Å². The molecule has 2 N–H and O–H groups in total. The molecule has 0 aliphatic heterocycles. The van der Waals surface area contributed by atoms with Gasteiger partial charge in [0, 0.05) is 5.92 Å². The highest BCUT2D eigenvalue weighted by Crippen LogP contribution is 2.48. The summed E-state index contributed by atoms with van der Waals surface area (Å²) in [6.07, 6.45) is 4.52. The lowest BCUT2D eigenvalue weighted by molar-refractivity contribution is -0.121. The zero-order chi connectivity index (χ0) is 14.3. The molecule has 0 spiro atoms. The van der Waals surface area contributed by atoms with Crippen LogP contribution in [-0.4, -0.2) is 17.0 Å². The van der Waals surface area contributed by atoms with Crippen molar-refractivity contribution in [1.29, 1.82) is 0 Å². The maximum atomic E-state index is 12.4. The molecule has 4 nitrogen and oxygen atoms in total. The van der Waals surface area contributed by atoms with Crippen molar-refractivity contribution < 1.29 is 14.7 Å². The smallest absolute Gasteiger partial charge is 0.337 e. The number of nitrogens with one attached hydrogen (secondary N) is 1. The lowest BCUT2D eigenvalue weighted by Crippen LogP contribution is -2.27. The number of hydrogen-bond acceptors (Lipinski definition) is 2. The molecule has 1 aromatic carbocycles. The third kappa shape index (κ3) is 2.30. The molecule has 1 amide bonds. The van der Waals surface area contributed by atoms with Gasteiger partial charge in [0.15, 0.2) is 0 Å². The maximum Gasteiger partial charge on any atom is 0.337 e. The Morgan fingerprint density at radius 2 is 2.05 bits per heavy atom. The molecule has 2 aliphatic carbocycles. The third-order valence-corrected chi connectivity index (χ3v) is 4.74. The first-order valence-corrected chi connectivity index (χ1v) is 7.19. The van der Waals surface area contributed by atoms with Gasteiger partial charge in [0.1, 0.15) is 0 Å². The Balaban J connectivity index is 1.78. The quantitative estimate of drug-likeness (QED) is 0.889. The summed E-state index contributed by atoms with van der Waals surface area (Å²) in [4.78, 5) is 23.6. The zero-order valence-corrected chi connectivity index (χ0v) is 11.6. The molecule has 20 heavy (non-hydrogen) atoms. The number of amides is 1. The normalized spacial score (nSPS) is 27.6. The summed E-state index contributed by atoms with van der Waals surface area (Å²) in [5, 5.41) is 12.0. The molecule has 4 heteroatoms. The summed E-state index contributed by atoms with van der Waals surface area (Å²) in [6, 6.07) is 5.10. The minimum absolute atomic E-state index is 0.0106. The number of carbonyl (C=O) groups excluding carboxylic acids is 1. The number of benzene rings is 1. The Hall–Kier alpha value is -1.84. The van der Waals surface area contributed by atoms with E-state index in [2.05, 4.69) is 5.32 Å². The zero-order valence-electron chi connectivity index (χ0n) is 11.6. The largest absolute Gasteiger partial charge is 0.478 e. The van der Waals surface area contributed by atoms with Gasteiger partial charge in [0.25, 0.3) is 0 Å². The van der Waals surface area contributed by atoms with Gasteiger partial charge in [0.05, 0.1) is 11.3 Å². The van der Waals surface area contributed by atoms with Crippen molar-refractivity contribution in [3.63, 3.8) is 0 Å². The highest BCUT2D eigenvalue weighted by molar-refractivity contribution is 6.01. The lowest BCUT2D eigenvalue weighted by atomic mass is 9.88. The predicted octanol–water partition coefficient (Wildman–Crippen LogP) is 3.07. The Bertz CT molecular complexity index is 567. The fourth-order valence-corrected chi connectivity index (χ4v) is 3.74. The SMILES string of the molecule is Cc1ccc(NC(=O)[C@@H]2C[C@H]3CC[C@@H]2C3)c(C(=O)O)c1. The number of hydrogen-bond donors (Lipinski definition) is 2. The first-order chi connectivity index (χ1) is 9.54. The van der Waals surface area contributed by atoms with Gasteiger partial charge in [-0.15, -0.1) is 0 Å². The van der Waals surface area contributed by atoms with Crippen LogP contribution in [0.15, 0.2) is 18.2 Å². The Labute approximate surface area is 118 Å². The van der Waals surface area contributed by atoms with E-state index in [0.717, 1.165) is 24.8 Å². The van der Waals surface area contributed by atoms with Crippen LogP contribution < -0.4 is 5.32 Å². The van der Waals surface area contributed by atoms with Crippen LogP contribution >= 0.6 is 0 Å². The molecular weight excluding hydrogens is 254 g/mol. The Morgan fingerprint density at radius 1 is 1.25 bits per heavy atom. The van der Waals surface area contributed by atoms with Crippen LogP contribution in [0, 0.1) is 24.7 Å². The van der Waals surface area contributed by atoms with Crippen molar-refractivity contribution >= 4 is 17.6 Å². The van der Waals surface area contributed by atoms with Gasteiger partial charge in [-0.1, -0.05) is 18.1 Å². The number of carboxylic acids is 1. The molecule has 2 saturated carbocycles. The van der Waals surface area contributed by atoms with Crippen LogP contribution in [0.2, 0.25) is 0 Å². The van der Waals surface area contributed by atoms with Crippen molar-refractivity contribution in [3.8, 4) is 0 Å². The van der Waals surface area contributed by atoms with E-state index in [1.165, 1.54) is 6.42 Å². The van der Waals surface area contributed by atoms with E-state index in [1.54, 1.807) is 12.1 Å². The van der Waals surface area contributed by atoms with Crippen LogP contribution in [0.25, 0.3) is 0 Å². The average molecular weight is 273 g/mol. The van der Waals surface area contributed by atoms with E-state index in [1.807, 2.05) is 13.0 Å². The van der Waals surface area contributed by atoms with Crippen LogP contribution in [-0.2, 0) is 4.79 Å². The van der Waals surface area contributed by atoms with Crippen LogP contribution in [0.5, 0.6) is 0 Å². The molecule has 2 fully saturated rings. The van der Waals surface area contributed by atoms with Crippen LogP contribution in [0.4, 0.5) is 5.69 Å². The molecule has 3 atom stereocenters. The monoisotopic (exact) mass is 273 g/mol. The summed E-state index contributed by atoms with van der Waals surface area (Å²) in [7, 11) is 0. The highest BCUT2D eigenvalue weighted by atomic mass is 16.4. The molecule has 0 radical (unpaired) electrons. The second-order valence-electron chi connectivity index (χ2n) is 6.12. The van der Waals surface area contributed by atoms with Gasteiger partial charge < -0.3 is 10.4 Å². The fourth-order valence-electron chi connectivity index (χ4n) is 3.74. The van der Waals surface area contributed by atoms with Crippen LogP contribution in [0.3, 0.4) is 0 Å². The maximum absolute atomic E-state index is 12.4. The number of rotatable bonds is 3. The molecule has 1 aromatic rings. The van der Waals surface area contributed by atoms with E-state index in [-0.39, 0.29) is 17.4 Å². The molecule has 0 saturated heterocycles. The van der Waals surface area contributed by atoms with Crippen molar-refractivity contribution in [1.82, 2.24) is 0 Å². The van der Waals surface area contributed by atoms with Gasteiger partial charge in [-0.05, 0) is 50.2 Å². The van der Waals surface area contributed by atoms with Gasteiger partial charge in [-0.25, -0.2) is 4.79 Å². The first-order valence-electron chi connectivity index (χ1n) is 7.19. The summed E-state index contributed by atoms with van der Waals surface area (Å²) >= 11 is 0. The number of carboxylic acid groups (broad SMARTS) is 1. The average Bonchev–Trinajstić information content (AvgIpc) is 3.03. The molecular formula is C16H19NO3. The number of fused-ring (bicyclic) bond motifs is 2. The summed E-state index contributed by atoms with van der Waals surface area (Å²) in [5.74, 6) is 0.253. The van der Waals surface area contributed by atoms with Crippen LogP contribution in [0.1, 0.15) is 41.6 Å². The van der Waals surface area contributed by atoms with E-state index < -0.39 is 5.97 Å². The lowest BCUT2D eigenvalue weighted by Gasteiger charge is -2.21. The molecule has 106 valence electrons. The van der Waals surface area contributed by atoms with Gasteiger partial charge >= 0.3 is 5.97 Å². The van der Waals surface area contributed by atoms with E-state index in [9.17, 15) is 14.7 Å². The minimum Gasteiger partial charge on any atom is -0.478 e. The summed E-state index contributed by atoms with van der Waals surface area (Å²) in [6.45, 7) is 1.84. The van der Waals surface area contributed by atoms with E-state index >= 15 is 0 Å². The third-order valence-electron chi connectivity index (χ3n) is 4.74. The topological polar surface area (TPSA) is 66.4 Å². The minimum atomic E-state index is -1.00. The molecule has 2 aliphatic rings. The Morgan fingerprint density at radius 3 is 2.65 bits per heavy atom. The van der Waals surface area contributed by atoms with E-state index in [0.29, 0.717) is 17.5 Å². The standard InChI is InChI=1S/C16H19NO3/c1-9-2-5-14(13(6-9)16(19)20)17-15(18)12-8-10-3-4-11(12)7-10/h2,5-6,10-12H,3-4,7-8H2,1H3,(H,17,18)(H,19,20)/t10-,11+,12+/m0/s1. The van der Waals surface area contributed by atoms with Crippen molar-refractivity contribution in [2.75, 3.05) is 5.32 Å². The van der Waals surface area contributed by atoms with Crippen molar-refractivity contribution in [3.05, 3.63) is 29.3 Å². The van der Waals surface area contributed by atoms with Crippen molar-refractivity contribution in [2.45, 2.75) is 32.6 Å². The van der Waals surface area contributed by atoms with E-state index in [4.69, 9.17) is 0 Å².